The van der Waals surface area contributed by atoms with Gasteiger partial charge in [0, 0.05) is 35.9 Å². The predicted octanol–water partition coefficient (Wildman–Crippen LogP) is 1.35. The molecule has 0 aliphatic rings. The zero-order valence-corrected chi connectivity index (χ0v) is 16.1. The van der Waals surface area contributed by atoms with E-state index in [0.717, 1.165) is 16.8 Å². The number of hydrogen-bond donors (Lipinski definition) is 4. The van der Waals surface area contributed by atoms with Gasteiger partial charge in [0.15, 0.2) is 5.82 Å². The largest absolute Gasteiger partial charge is 0.368 e. The molecule has 0 amide bonds. The summed E-state index contributed by atoms with van der Waals surface area (Å²) in [6, 6.07) is 9.71. The second kappa shape index (κ2) is 8.03. The van der Waals surface area contributed by atoms with E-state index in [4.69, 9.17) is 10.7 Å². The van der Waals surface area contributed by atoms with Crippen LogP contribution in [-0.2, 0) is 0 Å². The van der Waals surface area contributed by atoms with Gasteiger partial charge in [-0.25, -0.2) is 9.97 Å². The Morgan fingerprint density at radius 3 is 2.53 bits per heavy atom. The second-order valence-electron chi connectivity index (χ2n) is 6.22. The number of nitrogen functional groups attached to an aromatic ring is 1. The fourth-order valence-corrected chi connectivity index (χ4v) is 3.14. The third-order valence-corrected chi connectivity index (χ3v) is 4.33. The third-order valence-electron chi connectivity index (χ3n) is 4.33. The highest BCUT2D eigenvalue weighted by molar-refractivity contribution is 5.78. The first kappa shape index (κ1) is 19.1. The first-order chi connectivity index (χ1) is 14.7. The fourth-order valence-electron chi connectivity index (χ4n) is 3.14. The number of pyridine rings is 2. The Balaban J connectivity index is 0.00000106. The average Bonchev–Trinajstić information content (AvgIpc) is 3.42. The van der Waals surface area contributed by atoms with Gasteiger partial charge in [0.05, 0.1) is 0 Å². The summed E-state index contributed by atoms with van der Waals surface area (Å²) in [5.74, 6) is 9.14. The van der Waals surface area contributed by atoms with Gasteiger partial charge in [-0.2, -0.15) is 15.1 Å². The predicted molar refractivity (Wildman–Crippen MR) is 112 cm³/mol. The van der Waals surface area contributed by atoms with E-state index in [0.29, 0.717) is 28.7 Å². The van der Waals surface area contributed by atoms with Crippen LogP contribution in [0.25, 0.3) is 39.7 Å². The second-order valence-corrected chi connectivity index (χ2v) is 6.22. The number of hydrazine groups is 1. The number of rotatable bonds is 3. The van der Waals surface area contributed by atoms with Crippen molar-refractivity contribution in [1.29, 1.82) is 0 Å². The average molecular weight is 401 g/mol. The van der Waals surface area contributed by atoms with Crippen molar-refractivity contribution >= 4 is 11.6 Å². The summed E-state index contributed by atoms with van der Waals surface area (Å²) in [7, 11) is 0. The highest BCUT2D eigenvalue weighted by Crippen LogP contribution is 2.31. The van der Waals surface area contributed by atoms with Crippen LogP contribution in [0.2, 0.25) is 0 Å². The maximum atomic E-state index is 5.88. The van der Waals surface area contributed by atoms with Crippen molar-refractivity contribution in [3.8, 4) is 34.0 Å². The van der Waals surface area contributed by atoms with E-state index in [-0.39, 0.29) is 5.95 Å². The molecule has 11 heteroatoms. The molecule has 5 aromatic heterocycles. The number of nitrogens with two attached hydrogens (primary N) is 3. The van der Waals surface area contributed by atoms with E-state index in [9.17, 15) is 0 Å². The molecule has 5 rings (SSSR count). The maximum Gasteiger partial charge on any atom is 0.223 e. The van der Waals surface area contributed by atoms with Crippen LogP contribution < -0.4 is 17.4 Å². The van der Waals surface area contributed by atoms with Crippen LogP contribution in [-0.4, -0.2) is 39.5 Å². The Bertz CT molecular complexity index is 1260. The van der Waals surface area contributed by atoms with Gasteiger partial charge in [0.25, 0.3) is 0 Å². The first-order valence-corrected chi connectivity index (χ1v) is 8.93. The lowest BCUT2D eigenvalue weighted by molar-refractivity contribution is 0.982. The van der Waals surface area contributed by atoms with Crippen molar-refractivity contribution in [2.24, 2.45) is 11.7 Å². The topological polar surface area (TPSA) is 176 Å². The van der Waals surface area contributed by atoms with Gasteiger partial charge >= 0.3 is 0 Å². The third kappa shape index (κ3) is 3.45. The number of aryl methyl sites for hydroxylation is 1. The summed E-state index contributed by atoms with van der Waals surface area (Å²) in [4.78, 5) is 21.9. The highest BCUT2D eigenvalue weighted by atomic mass is 15.2. The van der Waals surface area contributed by atoms with Gasteiger partial charge in [-0.3, -0.25) is 26.2 Å². The summed E-state index contributed by atoms with van der Waals surface area (Å²) < 4.78 is 1.94. The molecule has 0 atom stereocenters. The highest BCUT2D eigenvalue weighted by Gasteiger charge is 2.21. The van der Waals surface area contributed by atoms with E-state index in [1.807, 2.05) is 47.1 Å². The molecule has 0 aliphatic carbocycles. The standard InChI is InChI=1S/C19H15N9.H4N2/c1-11-23-18(26-19(20)24-11)17-16(14-6-8-22-27-14)25-15-5-4-13(10-28(15)17)12-3-2-7-21-9-12;1-2/h2-10H,1H3,(H,22,27)(H2,20,23,24,26);1-2H2. The number of H-pyrrole nitrogens is 1. The number of hydrogen-bond acceptors (Lipinski definition) is 9. The molecule has 150 valence electrons. The summed E-state index contributed by atoms with van der Waals surface area (Å²) in [6.45, 7) is 1.78. The molecule has 7 N–H and O–H groups in total. The van der Waals surface area contributed by atoms with Crippen molar-refractivity contribution in [2.75, 3.05) is 5.73 Å². The minimum absolute atomic E-state index is 0.161. The maximum absolute atomic E-state index is 5.88. The van der Waals surface area contributed by atoms with Crippen molar-refractivity contribution in [1.82, 2.24) is 39.5 Å². The smallest absolute Gasteiger partial charge is 0.223 e. The van der Waals surface area contributed by atoms with Crippen molar-refractivity contribution in [3.63, 3.8) is 0 Å². The molecule has 0 saturated carbocycles. The minimum Gasteiger partial charge on any atom is -0.368 e. The summed E-state index contributed by atoms with van der Waals surface area (Å²) >= 11 is 0. The van der Waals surface area contributed by atoms with Gasteiger partial charge in [-0.1, -0.05) is 6.07 Å². The molecule has 11 nitrogen and oxygen atoms in total. The lowest BCUT2D eigenvalue weighted by Gasteiger charge is -2.07. The lowest BCUT2D eigenvalue weighted by Crippen LogP contribution is -2.04. The molecule has 0 bridgehead atoms. The number of nitrogens with zero attached hydrogens (tertiary/aromatic N) is 7. The minimum atomic E-state index is 0.161. The molecular formula is C19H19N11. The van der Waals surface area contributed by atoms with Gasteiger partial charge in [-0.05, 0) is 31.2 Å². The number of fused-ring (bicyclic) bond motifs is 1. The quantitative estimate of drug-likeness (QED) is 0.257. The van der Waals surface area contributed by atoms with E-state index >= 15 is 0 Å². The van der Waals surface area contributed by atoms with E-state index in [2.05, 4.69) is 41.8 Å². The van der Waals surface area contributed by atoms with Gasteiger partial charge in [0.1, 0.15) is 28.6 Å². The van der Waals surface area contributed by atoms with E-state index < -0.39 is 0 Å². The van der Waals surface area contributed by atoms with Gasteiger partial charge in [0.2, 0.25) is 5.95 Å². The number of aromatic amines is 1. The van der Waals surface area contributed by atoms with E-state index in [1.54, 1.807) is 19.3 Å². The summed E-state index contributed by atoms with van der Waals surface area (Å²) in [5, 5.41) is 7.11. The Morgan fingerprint density at radius 2 is 1.83 bits per heavy atom. The molecular weight excluding hydrogens is 382 g/mol. The molecule has 0 aliphatic heterocycles. The summed E-state index contributed by atoms with van der Waals surface area (Å²) in [5.41, 5.74) is 10.7. The molecule has 5 heterocycles. The van der Waals surface area contributed by atoms with Gasteiger partial charge < -0.3 is 5.73 Å². The number of imidazole rings is 1. The van der Waals surface area contributed by atoms with Gasteiger partial charge in [-0.15, -0.1) is 0 Å². The molecule has 30 heavy (non-hydrogen) atoms. The summed E-state index contributed by atoms with van der Waals surface area (Å²) in [6.07, 6.45) is 7.30. The molecule has 0 unspecified atom stereocenters. The van der Waals surface area contributed by atoms with Crippen LogP contribution in [0.4, 0.5) is 5.95 Å². The van der Waals surface area contributed by atoms with Crippen molar-refractivity contribution in [3.05, 3.63) is 60.9 Å². The first-order valence-electron chi connectivity index (χ1n) is 8.93. The van der Waals surface area contributed by atoms with Crippen molar-refractivity contribution < 1.29 is 0 Å². The number of aromatic nitrogens is 8. The van der Waals surface area contributed by atoms with Crippen LogP contribution in [0.5, 0.6) is 0 Å². The normalized spacial score (nSPS) is 10.6. The molecule has 0 aromatic carbocycles. The van der Waals surface area contributed by atoms with Crippen LogP contribution in [0, 0.1) is 6.92 Å². The zero-order valence-electron chi connectivity index (χ0n) is 16.1. The SMILES string of the molecule is Cc1nc(N)nc(-c2c(-c3cc[nH]n3)nc3ccc(-c4cccnc4)cn23)n1.NN. The van der Waals surface area contributed by atoms with Crippen LogP contribution in [0.1, 0.15) is 5.82 Å². The zero-order chi connectivity index (χ0) is 21.1. The fraction of sp³-hybridized carbons (Fsp3) is 0.0526. The van der Waals surface area contributed by atoms with Crippen LogP contribution >= 0.6 is 0 Å². The molecule has 0 spiro atoms. The molecule has 0 radical (unpaired) electrons. The van der Waals surface area contributed by atoms with Crippen LogP contribution in [0.3, 0.4) is 0 Å². The Labute approximate surface area is 171 Å². The van der Waals surface area contributed by atoms with Crippen LogP contribution in [0.15, 0.2) is 55.1 Å². The van der Waals surface area contributed by atoms with E-state index in [1.165, 1.54) is 0 Å². The lowest BCUT2D eigenvalue weighted by atomic mass is 10.1. The monoisotopic (exact) mass is 401 g/mol. The number of nitrogens with one attached hydrogen (secondary N) is 1. The Hall–Kier alpha value is -4.22. The number of anilines is 1. The van der Waals surface area contributed by atoms with Crippen molar-refractivity contribution in [2.45, 2.75) is 6.92 Å². The molecule has 0 fully saturated rings. The molecule has 0 saturated heterocycles. The molecule has 5 aromatic rings. The Morgan fingerprint density at radius 1 is 0.967 bits per heavy atom. The Kier molecular flexibility index (Phi) is 5.11.